The summed E-state index contributed by atoms with van der Waals surface area (Å²) in [6.45, 7) is 10.4. The van der Waals surface area contributed by atoms with Crippen molar-refractivity contribution in [3.63, 3.8) is 0 Å². The molecule has 0 bridgehead atoms. The van der Waals surface area contributed by atoms with Crippen LogP contribution in [0.1, 0.15) is 27.2 Å². The molecule has 2 N–H and O–H groups in total. The molecular weight excluding hydrogens is 194 g/mol. The molecule has 0 radical (unpaired) electrons. The summed E-state index contributed by atoms with van der Waals surface area (Å²) in [5.41, 5.74) is 4.43. The Balaban J connectivity index is 3.86. The van der Waals surface area contributed by atoms with Gasteiger partial charge in [0.1, 0.15) is 5.60 Å². The molecule has 4 heteroatoms. The van der Waals surface area contributed by atoms with E-state index in [4.69, 9.17) is 15.2 Å². The molecule has 0 saturated carbocycles. The van der Waals surface area contributed by atoms with Gasteiger partial charge in [-0.3, -0.25) is 0 Å². The maximum Gasteiger partial charge on any atom is 0.405 e. The number of hydrogen-bond donors (Lipinski definition) is 1. The van der Waals surface area contributed by atoms with Crippen molar-refractivity contribution in [2.45, 2.75) is 32.8 Å². The fraction of sp³-hybridized carbons (Fsp3) is 0.727. The highest BCUT2D eigenvalue weighted by Crippen LogP contribution is 2.20. The first kappa shape index (κ1) is 14.0. The highest BCUT2D eigenvalue weighted by molar-refractivity contribution is 5.65. The molecular formula is C11H21NO3. The molecule has 1 amide bonds. The summed E-state index contributed by atoms with van der Waals surface area (Å²) in [5, 5.41) is 0. The molecule has 0 fully saturated rings. The van der Waals surface area contributed by atoms with Crippen LogP contribution in [-0.2, 0) is 9.47 Å². The van der Waals surface area contributed by atoms with Crippen molar-refractivity contribution in [3.8, 4) is 0 Å². The number of primary amides is 1. The number of hydrogen-bond acceptors (Lipinski definition) is 3. The fourth-order valence-electron chi connectivity index (χ4n) is 1.56. The Bertz CT molecular complexity index is 214. The minimum absolute atomic E-state index is 0.305. The largest absolute Gasteiger partial charge is 0.444 e. The summed E-state index contributed by atoms with van der Waals surface area (Å²) >= 11 is 0. The van der Waals surface area contributed by atoms with E-state index in [1.807, 2.05) is 20.8 Å². The highest BCUT2D eigenvalue weighted by atomic mass is 16.6. The van der Waals surface area contributed by atoms with Crippen LogP contribution in [0.15, 0.2) is 12.7 Å². The maximum absolute atomic E-state index is 10.6. The van der Waals surface area contributed by atoms with Crippen LogP contribution in [-0.4, -0.2) is 24.9 Å². The van der Waals surface area contributed by atoms with E-state index in [1.165, 1.54) is 0 Å². The zero-order valence-electron chi connectivity index (χ0n) is 9.79. The van der Waals surface area contributed by atoms with Crippen LogP contribution >= 0.6 is 0 Å². The highest BCUT2D eigenvalue weighted by Gasteiger charge is 2.24. The predicted molar refractivity (Wildman–Crippen MR) is 59.5 cm³/mol. The van der Waals surface area contributed by atoms with Crippen LogP contribution in [0.25, 0.3) is 0 Å². The van der Waals surface area contributed by atoms with Gasteiger partial charge in [-0.1, -0.05) is 13.0 Å². The molecule has 4 nitrogen and oxygen atoms in total. The average molecular weight is 215 g/mol. The van der Waals surface area contributed by atoms with Crippen LogP contribution in [0.5, 0.6) is 0 Å². The number of carbonyl (C=O) groups excluding carboxylic acids is 1. The van der Waals surface area contributed by atoms with Crippen LogP contribution in [0, 0.1) is 5.92 Å². The van der Waals surface area contributed by atoms with Crippen molar-refractivity contribution >= 4 is 6.09 Å². The second-order valence-corrected chi connectivity index (χ2v) is 4.32. The number of ether oxygens (including phenoxy) is 2. The Hall–Kier alpha value is -1.03. The molecule has 15 heavy (non-hydrogen) atoms. The van der Waals surface area contributed by atoms with Gasteiger partial charge in [0, 0.05) is 6.61 Å². The Labute approximate surface area is 91.4 Å². The fourth-order valence-corrected chi connectivity index (χ4v) is 1.56. The molecule has 0 aliphatic carbocycles. The van der Waals surface area contributed by atoms with Crippen molar-refractivity contribution in [1.29, 1.82) is 0 Å². The molecule has 0 heterocycles. The molecule has 0 spiro atoms. The molecule has 0 saturated heterocycles. The molecule has 0 aromatic carbocycles. The van der Waals surface area contributed by atoms with Crippen molar-refractivity contribution in [3.05, 3.63) is 12.7 Å². The van der Waals surface area contributed by atoms with E-state index in [0.717, 1.165) is 0 Å². The Morgan fingerprint density at radius 3 is 2.67 bits per heavy atom. The number of amides is 1. The summed E-state index contributed by atoms with van der Waals surface area (Å²) in [7, 11) is 0. The van der Waals surface area contributed by atoms with Gasteiger partial charge in [-0.25, -0.2) is 4.79 Å². The normalized spacial score (nSPS) is 13.3. The lowest BCUT2D eigenvalue weighted by atomic mass is 9.95. The molecule has 0 unspecified atom stereocenters. The third-order valence-electron chi connectivity index (χ3n) is 1.85. The standard InChI is InChI=1S/C11H21NO3/c1-5-6-14-8-9(2)7-11(3,4)15-10(12)13/h5,9H,1,6-8H2,2-4H3,(H2,12,13)/t9-/m0/s1. The van der Waals surface area contributed by atoms with E-state index in [2.05, 4.69) is 6.58 Å². The number of rotatable bonds is 7. The second-order valence-electron chi connectivity index (χ2n) is 4.32. The smallest absolute Gasteiger partial charge is 0.405 e. The van der Waals surface area contributed by atoms with E-state index < -0.39 is 11.7 Å². The second kappa shape index (κ2) is 6.45. The predicted octanol–water partition coefficient (Wildman–Crippen LogP) is 2.09. The van der Waals surface area contributed by atoms with Gasteiger partial charge < -0.3 is 15.2 Å². The van der Waals surface area contributed by atoms with Crippen LogP contribution in [0.4, 0.5) is 4.79 Å². The average Bonchev–Trinajstić information content (AvgIpc) is 2.00. The van der Waals surface area contributed by atoms with Crippen molar-refractivity contribution in [2.75, 3.05) is 13.2 Å². The van der Waals surface area contributed by atoms with E-state index >= 15 is 0 Å². The zero-order chi connectivity index (χ0) is 11.9. The summed E-state index contributed by atoms with van der Waals surface area (Å²) < 4.78 is 10.3. The van der Waals surface area contributed by atoms with Gasteiger partial charge in [-0.15, -0.1) is 6.58 Å². The van der Waals surface area contributed by atoms with Gasteiger partial charge in [-0.05, 0) is 26.2 Å². The molecule has 0 aromatic rings. The SMILES string of the molecule is C=CCOC[C@@H](C)CC(C)(C)OC(N)=O. The molecule has 0 aliphatic rings. The molecule has 88 valence electrons. The van der Waals surface area contributed by atoms with Gasteiger partial charge in [0.25, 0.3) is 0 Å². The van der Waals surface area contributed by atoms with Crippen LogP contribution < -0.4 is 5.73 Å². The number of carbonyl (C=O) groups is 1. The van der Waals surface area contributed by atoms with E-state index in [-0.39, 0.29) is 0 Å². The lowest BCUT2D eigenvalue weighted by Gasteiger charge is -2.27. The Kier molecular flexibility index (Phi) is 6.01. The van der Waals surface area contributed by atoms with Gasteiger partial charge in [0.05, 0.1) is 6.61 Å². The molecule has 0 rings (SSSR count). The lowest BCUT2D eigenvalue weighted by molar-refractivity contribution is 0.0144. The first-order valence-electron chi connectivity index (χ1n) is 5.04. The minimum Gasteiger partial charge on any atom is -0.444 e. The molecule has 0 aliphatic heterocycles. The summed E-state index contributed by atoms with van der Waals surface area (Å²) in [6, 6.07) is 0. The van der Waals surface area contributed by atoms with E-state index in [9.17, 15) is 4.79 Å². The third-order valence-corrected chi connectivity index (χ3v) is 1.85. The first-order chi connectivity index (χ1) is 6.87. The topological polar surface area (TPSA) is 61.6 Å². The van der Waals surface area contributed by atoms with Crippen molar-refractivity contribution < 1.29 is 14.3 Å². The summed E-state index contributed by atoms with van der Waals surface area (Å²) in [6.07, 6.45) is 1.68. The Morgan fingerprint density at radius 1 is 1.60 bits per heavy atom. The van der Waals surface area contributed by atoms with Gasteiger partial charge in [0.15, 0.2) is 0 Å². The minimum atomic E-state index is -0.737. The lowest BCUT2D eigenvalue weighted by Crippen LogP contribution is -2.33. The van der Waals surface area contributed by atoms with Gasteiger partial charge in [0.2, 0.25) is 0 Å². The van der Waals surface area contributed by atoms with Gasteiger partial charge >= 0.3 is 6.09 Å². The molecule has 1 atom stereocenters. The first-order valence-corrected chi connectivity index (χ1v) is 5.04. The summed E-state index contributed by atoms with van der Waals surface area (Å²) in [4.78, 5) is 10.6. The van der Waals surface area contributed by atoms with Crippen molar-refractivity contribution in [2.24, 2.45) is 11.7 Å². The number of nitrogens with two attached hydrogens (primary N) is 1. The third kappa shape index (κ3) is 8.00. The van der Waals surface area contributed by atoms with Crippen LogP contribution in [0.2, 0.25) is 0 Å². The van der Waals surface area contributed by atoms with E-state index in [1.54, 1.807) is 6.08 Å². The van der Waals surface area contributed by atoms with Crippen LogP contribution in [0.3, 0.4) is 0 Å². The molecule has 0 aromatic heterocycles. The maximum atomic E-state index is 10.6. The van der Waals surface area contributed by atoms with E-state index in [0.29, 0.717) is 25.6 Å². The van der Waals surface area contributed by atoms with Gasteiger partial charge in [-0.2, -0.15) is 0 Å². The Morgan fingerprint density at radius 2 is 2.20 bits per heavy atom. The zero-order valence-corrected chi connectivity index (χ0v) is 9.79. The van der Waals surface area contributed by atoms with Crippen molar-refractivity contribution in [1.82, 2.24) is 0 Å². The monoisotopic (exact) mass is 215 g/mol. The summed E-state index contributed by atoms with van der Waals surface area (Å²) in [5.74, 6) is 0.305. The quantitative estimate of drug-likeness (QED) is 0.522.